The summed E-state index contributed by atoms with van der Waals surface area (Å²) in [7, 11) is 0. The first-order chi connectivity index (χ1) is 10.1. The maximum absolute atomic E-state index is 11.8. The number of aromatic nitrogens is 1. The van der Waals surface area contributed by atoms with E-state index in [0.717, 1.165) is 17.6 Å². The second-order valence-electron chi connectivity index (χ2n) is 5.72. The van der Waals surface area contributed by atoms with Crippen molar-refractivity contribution in [1.82, 2.24) is 4.98 Å². The molecule has 0 aliphatic carbocycles. The molecule has 21 heavy (non-hydrogen) atoms. The molecule has 1 aromatic heterocycles. The van der Waals surface area contributed by atoms with Gasteiger partial charge in [-0.05, 0) is 24.1 Å². The standard InChI is InChI=1S/C18H20N2O/c1-4-12-6-5-7-15-14-9-8-13(19-18(21)11(2)3)10-16(14)20-17(12)15/h5-11,20H,4H2,1-3H3,(H,19,21). The summed E-state index contributed by atoms with van der Waals surface area (Å²) >= 11 is 0. The average Bonchev–Trinajstić information content (AvgIpc) is 2.84. The van der Waals surface area contributed by atoms with Gasteiger partial charge < -0.3 is 10.3 Å². The number of benzene rings is 2. The van der Waals surface area contributed by atoms with Crippen molar-refractivity contribution in [3.63, 3.8) is 0 Å². The highest BCUT2D eigenvalue weighted by atomic mass is 16.1. The first-order valence-corrected chi connectivity index (χ1v) is 7.44. The number of fused-ring (bicyclic) bond motifs is 3. The number of hydrogen-bond donors (Lipinski definition) is 2. The average molecular weight is 280 g/mol. The van der Waals surface area contributed by atoms with Gasteiger partial charge in [-0.3, -0.25) is 4.79 Å². The van der Waals surface area contributed by atoms with E-state index in [1.807, 2.05) is 26.0 Å². The summed E-state index contributed by atoms with van der Waals surface area (Å²) in [6.45, 7) is 5.95. The van der Waals surface area contributed by atoms with Gasteiger partial charge in [0.15, 0.2) is 0 Å². The lowest BCUT2D eigenvalue weighted by atomic mass is 10.1. The summed E-state index contributed by atoms with van der Waals surface area (Å²) in [6, 6.07) is 12.4. The Morgan fingerprint density at radius 3 is 2.71 bits per heavy atom. The normalized spacial score (nSPS) is 11.4. The van der Waals surface area contributed by atoms with Crippen molar-refractivity contribution in [3.8, 4) is 0 Å². The maximum Gasteiger partial charge on any atom is 0.226 e. The smallest absolute Gasteiger partial charge is 0.226 e. The molecule has 0 fully saturated rings. The fourth-order valence-corrected chi connectivity index (χ4v) is 2.65. The molecule has 3 heteroatoms. The molecule has 0 bridgehead atoms. The van der Waals surface area contributed by atoms with Crippen molar-refractivity contribution in [2.24, 2.45) is 5.92 Å². The van der Waals surface area contributed by atoms with E-state index in [9.17, 15) is 4.79 Å². The molecule has 2 N–H and O–H groups in total. The van der Waals surface area contributed by atoms with Gasteiger partial charge in [0.25, 0.3) is 0 Å². The Morgan fingerprint density at radius 2 is 2.00 bits per heavy atom. The SMILES string of the molecule is CCc1cccc2c1[nH]c1cc(NC(=O)C(C)C)ccc12. The Kier molecular flexibility index (Phi) is 3.42. The number of rotatable bonds is 3. The van der Waals surface area contributed by atoms with Crippen LogP contribution in [0.15, 0.2) is 36.4 Å². The van der Waals surface area contributed by atoms with Gasteiger partial charge >= 0.3 is 0 Å². The van der Waals surface area contributed by atoms with Gasteiger partial charge in [0.1, 0.15) is 0 Å². The number of para-hydroxylation sites is 1. The van der Waals surface area contributed by atoms with Crippen molar-refractivity contribution >= 4 is 33.4 Å². The summed E-state index contributed by atoms with van der Waals surface area (Å²) in [5, 5.41) is 5.39. The number of amides is 1. The van der Waals surface area contributed by atoms with Crippen molar-refractivity contribution in [3.05, 3.63) is 42.0 Å². The highest BCUT2D eigenvalue weighted by molar-refractivity contribution is 6.09. The van der Waals surface area contributed by atoms with E-state index in [-0.39, 0.29) is 11.8 Å². The van der Waals surface area contributed by atoms with Gasteiger partial charge in [-0.15, -0.1) is 0 Å². The Labute approximate surface area is 124 Å². The van der Waals surface area contributed by atoms with E-state index < -0.39 is 0 Å². The van der Waals surface area contributed by atoms with E-state index in [2.05, 4.69) is 41.5 Å². The van der Waals surface area contributed by atoms with E-state index in [1.165, 1.54) is 21.9 Å². The van der Waals surface area contributed by atoms with Crippen LogP contribution in [0.2, 0.25) is 0 Å². The monoisotopic (exact) mass is 280 g/mol. The molecule has 1 amide bonds. The summed E-state index contributed by atoms with van der Waals surface area (Å²) < 4.78 is 0. The molecule has 0 atom stereocenters. The summed E-state index contributed by atoms with van der Waals surface area (Å²) in [6.07, 6.45) is 1.00. The zero-order chi connectivity index (χ0) is 15.0. The number of anilines is 1. The van der Waals surface area contributed by atoms with Crippen LogP contribution in [-0.4, -0.2) is 10.9 Å². The molecule has 1 heterocycles. The zero-order valence-corrected chi connectivity index (χ0v) is 12.7. The highest BCUT2D eigenvalue weighted by Gasteiger charge is 2.10. The Hall–Kier alpha value is -2.29. The molecule has 3 rings (SSSR count). The number of hydrogen-bond acceptors (Lipinski definition) is 1. The topological polar surface area (TPSA) is 44.9 Å². The quantitative estimate of drug-likeness (QED) is 0.730. The molecular weight excluding hydrogens is 260 g/mol. The second-order valence-corrected chi connectivity index (χ2v) is 5.72. The fraction of sp³-hybridized carbons (Fsp3) is 0.278. The number of carbonyl (C=O) groups is 1. The molecule has 3 aromatic rings. The first-order valence-electron chi connectivity index (χ1n) is 7.44. The number of aryl methyl sites for hydroxylation is 1. The van der Waals surface area contributed by atoms with Crippen molar-refractivity contribution in [2.45, 2.75) is 27.2 Å². The van der Waals surface area contributed by atoms with Crippen LogP contribution in [0.4, 0.5) is 5.69 Å². The Morgan fingerprint density at radius 1 is 1.19 bits per heavy atom. The minimum absolute atomic E-state index is 0.0184. The molecule has 3 nitrogen and oxygen atoms in total. The third-order valence-corrected chi connectivity index (χ3v) is 3.89. The van der Waals surface area contributed by atoms with Crippen LogP contribution in [-0.2, 0) is 11.2 Å². The van der Waals surface area contributed by atoms with Crippen LogP contribution in [0, 0.1) is 5.92 Å². The molecule has 0 saturated heterocycles. The minimum atomic E-state index is -0.0184. The van der Waals surface area contributed by atoms with Crippen molar-refractivity contribution < 1.29 is 4.79 Å². The van der Waals surface area contributed by atoms with Crippen LogP contribution in [0.1, 0.15) is 26.3 Å². The summed E-state index contributed by atoms with van der Waals surface area (Å²) in [5.74, 6) is 0.0230. The summed E-state index contributed by atoms with van der Waals surface area (Å²) in [4.78, 5) is 15.3. The molecule has 2 aromatic carbocycles. The minimum Gasteiger partial charge on any atom is -0.354 e. The molecule has 0 aliphatic rings. The van der Waals surface area contributed by atoms with Gasteiger partial charge in [-0.1, -0.05) is 45.0 Å². The molecule has 0 radical (unpaired) electrons. The van der Waals surface area contributed by atoms with Crippen LogP contribution >= 0.6 is 0 Å². The van der Waals surface area contributed by atoms with Gasteiger partial charge in [0.2, 0.25) is 5.91 Å². The zero-order valence-electron chi connectivity index (χ0n) is 12.7. The fourth-order valence-electron chi connectivity index (χ4n) is 2.65. The first kappa shape index (κ1) is 13.7. The van der Waals surface area contributed by atoms with Crippen LogP contribution in [0.5, 0.6) is 0 Å². The molecule has 0 saturated carbocycles. The van der Waals surface area contributed by atoms with Gasteiger partial charge in [0, 0.05) is 33.4 Å². The van der Waals surface area contributed by atoms with Gasteiger partial charge in [0.05, 0.1) is 0 Å². The van der Waals surface area contributed by atoms with Crippen molar-refractivity contribution in [1.29, 1.82) is 0 Å². The maximum atomic E-state index is 11.8. The van der Waals surface area contributed by atoms with E-state index in [4.69, 9.17) is 0 Å². The van der Waals surface area contributed by atoms with E-state index in [0.29, 0.717) is 0 Å². The van der Waals surface area contributed by atoms with Gasteiger partial charge in [-0.25, -0.2) is 0 Å². The van der Waals surface area contributed by atoms with Crippen molar-refractivity contribution in [2.75, 3.05) is 5.32 Å². The van der Waals surface area contributed by atoms with Gasteiger partial charge in [-0.2, -0.15) is 0 Å². The number of carbonyl (C=O) groups excluding carboxylic acids is 1. The lowest BCUT2D eigenvalue weighted by molar-refractivity contribution is -0.118. The molecule has 0 aliphatic heterocycles. The number of nitrogens with one attached hydrogen (secondary N) is 2. The molecule has 108 valence electrons. The number of H-pyrrole nitrogens is 1. The Balaban J connectivity index is 2.10. The number of aromatic amines is 1. The van der Waals surface area contributed by atoms with Crippen LogP contribution in [0.25, 0.3) is 21.8 Å². The largest absolute Gasteiger partial charge is 0.354 e. The summed E-state index contributed by atoms with van der Waals surface area (Å²) in [5.41, 5.74) is 4.41. The predicted octanol–water partition coefficient (Wildman–Crippen LogP) is 4.48. The van der Waals surface area contributed by atoms with Crippen LogP contribution in [0.3, 0.4) is 0 Å². The molecular formula is C18H20N2O. The molecule has 0 spiro atoms. The highest BCUT2D eigenvalue weighted by Crippen LogP contribution is 2.29. The lowest BCUT2D eigenvalue weighted by Gasteiger charge is -2.07. The second kappa shape index (κ2) is 5.24. The Bertz CT molecular complexity index is 815. The lowest BCUT2D eigenvalue weighted by Crippen LogP contribution is -2.17. The third kappa shape index (κ3) is 2.40. The molecule has 0 unspecified atom stereocenters. The third-order valence-electron chi connectivity index (χ3n) is 3.89. The van der Waals surface area contributed by atoms with Crippen LogP contribution < -0.4 is 5.32 Å². The van der Waals surface area contributed by atoms with E-state index >= 15 is 0 Å². The predicted molar refractivity (Wildman–Crippen MR) is 88.7 cm³/mol. The van der Waals surface area contributed by atoms with E-state index in [1.54, 1.807) is 0 Å².